The molecule has 8 heteroatoms. The Morgan fingerprint density at radius 3 is 2.58 bits per heavy atom. The minimum Gasteiger partial charge on any atom is -0.371 e. The van der Waals surface area contributed by atoms with E-state index in [1.54, 1.807) is 30.3 Å². The SMILES string of the molecule is Cc1ccccc1CS(=O)(=O)C[C@H]1Nc2ccc(C(=O)NC3CCCC3)cc2NC1=O. The molecule has 31 heavy (non-hydrogen) atoms. The van der Waals surface area contributed by atoms with Gasteiger partial charge in [0.25, 0.3) is 5.91 Å². The van der Waals surface area contributed by atoms with Gasteiger partial charge in [-0.2, -0.15) is 0 Å². The molecule has 0 saturated heterocycles. The Bertz CT molecular complexity index is 1110. The number of benzene rings is 2. The first-order valence-electron chi connectivity index (χ1n) is 10.6. The first-order valence-corrected chi connectivity index (χ1v) is 12.4. The van der Waals surface area contributed by atoms with Gasteiger partial charge in [0.2, 0.25) is 5.91 Å². The number of fused-ring (bicyclic) bond motifs is 1. The largest absolute Gasteiger partial charge is 0.371 e. The van der Waals surface area contributed by atoms with Crippen molar-refractivity contribution in [3.8, 4) is 0 Å². The summed E-state index contributed by atoms with van der Waals surface area (Å²) in [5, 5.41) is 8.80. The van der Waals surface area contributed by atoms with E-state index in [4.69, 9.17) is 0 Å². The molecular formula is C23H27N3O4S. The summed E-state index contributed by atoms with van der Waals surface area (Å²) in [7, 11) is -3.51. The molecule has 2 aromatic rings. The van der Waals surface area contributed by atoms with Gasteiger partial charge in [0.05, 0.1) is 22.9 Å². The molecule has 0 spiro atoms. The molecule has 1 saturated carbocycles. The molecule has 0 aromatic heterocycles. The van der Waals surface area contributed by atoms with Crippen LogP contribution in [0.5, 0.6) is 0 Å². The fourth-order valence-electron chi connectivity index (χ4n) is 4.17. The second kappa shape index (κ2) is 8.70. The second-order valence-corrected chi connectivity index (χ2v) is 10.5. The van der Waals surface area contributed by atoms with Crippen LogP contribution in [0, 0.1) is 6.92 Å². The Morgan fingerprint density at radius 1 is 1.10 bits per heavy atom. The van der Waals surface area contributed by atoms with Gasteiger partial charge in [-0.15, -0.1) is 0 Å². The van der Waals surface area contributed by atoms with Crippen LogP contribution < -0.4 is 16.0 Å². The van der Waals surface area contributed by atoms with E-state index in [1.807, 2.05) is 19.1 Å². The van der Waals surface area contributed by atoms with Gasteiger partial charge in [0.15, 0.2) is 9.84 Å². The highest BCUT2D eigenvalue weighted by molar-refractivity contribution is 7.90. The maximum atomic E-state index is 12.7. The van der Waals surface area contributed by atoms with Gasteiger partial charge in [0, 0.05) is 11.6 Å². The average Bonchev–Trinajstić information content (AvgIpc) is 3.22. The molecule has 1 fully saturated rings. The Balaban J connectivity index is 1.44. The summed E-state index contributed by atoms with van der Waals surface area (Å²) < 4.78 is 25.4. The van der Waals surface area contributed by atoms with Gasteiger partial charge < -0.3 is 16.0 Å². The molecule has 1 heterocycles. The van der Waals surface area contributed by atoms with Gasteiger partial charge in [0.1, 0.15) is 6.04 Å². The zero-order chi connectivity index (χ0) is 22.0. The lowest BCUT2D eigenvalue weighted by atomic mass is 10.1. The Hall–Kier alpha value is -2.87. The zero-order valence-corrected chi connectivity index (χ0v) is 18.3. The molecule has 0 bridgehead atoms. The minimum atomic E-state index is -3.51. The monoisotopic (exact) mass is 441 g/mol. The van der Waals surface area contributed by atoms with Crippen molar-refractivity contribution in [3.05, 3.63) is 59.2 Å². The number of carbonyl (C=O) groups excluding carboxylic acids is 2. The highest BCUT2D eigenvalue weighted by atomic mass is 32.2. The van der Waals surface area contributed by atoms with Crippen LogP contribution in [0.15, 0.2) is 42.5 Å². The molecule has 3 N–H and O–H groups in total. The Morgan fingerprint density at radius 2 is 1.84 bits per heavy atom. The van der Waals surface area contributed by atoms with Crippen molar-refractivity contribution >= 4 is 33.0 Å². The van der Waals surface area contributed by atoms with E-state index >= 15 is 0 Å². The van der Waals surface area contributed by atoms with Crippen LogP contribution in [0.25, 0.3) is 0 Å². The standard InChI is InChI=1S/C23H27N3O4S/c1-15-6-2-3-7-17(15)13-31(29,30)14-21-23(28)26-20-12-16(10-11-19(20)25-21)22(27)24-18-8-4-5-9-18/h2-3,6-7,10-12,18,21,25H,4-5,8-9,13-14H2,1H3,(H,24,27)(H,26,28)/t21-/m1/s1. The third-order valence-corrected chi connectivity index (χ3v) is 7.53. The van der Waals surface area contributed by atoms with Crippen LogP contribution in [0.1, 0.15) is 47.2 Å². The Labute approximate surface area is 182 Å². The molecule has 1 aliphatic carbocycles. The fraction of sp³-hybridized carbons (Fsp3) is 0.391. The summed E-state index contributed by atoms with van der Waals surface area (Å²) in [6, 6.07) is 11.7. The van der Waals surface area contributed by atoms with Gasteiger partial charge >= 0.3 is 0 Å². The van der Waals surface area contributed by atoms with Crippen LogP contribution in [0.4, 0.5) is 11.4 Å². The molecule has 1 aliphatic heterocycles. The third kappa shape index (κ3) is 5.07. The van der Waals surface area contributed by atoms with Crippen molar-refractivity contribution in [1.82, 2.24) is 5.32 Å². The van der Waals surface area contributed by atoms with E-state index in [9.17, 15) is 18.0 Å². The maximum absolute atomic E-state index is 12.7. The lowest BCUT2D eigenvalue weighted by Gasteiger charge is -2.27. The lowest BCUT2D eigenvalue weighted by molar-refractivity contribution is -0.116. The molecule has 2 amide bonds. The highest BCUT2D eigenvalue weighted by Gasteiger charge is 2.31. The van der Waals surface area contributed by atoms with E-state index in [0.29, 0.717) is 16.9 Å². The van der Waals surface area contributed by atoms with Gasteiger partial charge in [-0.05, 0) is 49.1 Å². The van der Waals surface area contributed by atoms with Crippen LogP contribution >= 0.6 is 0 Å². The first kappa shape index (κ1) is 21.4. The zero-order valence-electron chi connectivity index (χ0n) is 17.5. The highest BCUT2D eigenvalue weighted by Crippen LogP contribution is 2.29. The van der Waals surface area contributed by atoms with Crippen LogP contribution in [0.2, 0.25) is 0 Å². The maximum Gasteiger partial charge on any atom is 0.251 e. The van der Waals surface area contributed by atoms with Gasteiger partial charge in [-0.3, -0.25) is 9.59 Å². The van der Waals surface area contributed by atoms with Crippen molar-refractivity contribution < 1.29 is 18.0 Å². The van der Waals surface area contributed by atoms with Crippen LogP contribution in [-0.2, 0) is 20.4 Å². The van der Waals surface area contributed by atoms with Crippen LogP contribution in [0.3, 0.4) is 0 Å². The summed E-state index contributed by atoms with van der Waals surface area (Å²) in [5.74, 6) is -1.00. The summed E-state index contributed by atoms with van der Waals surface area (Å²) >= 11 is 0. The number of carbonyl (C=O) groups is 2. The summed E-state index contributed by atoms with van der Waals surface area (Å²) in [6.07, 6.45) is 4.24. The Kier molecular flexibility index (Phi) is 6.00. The summed E-state index contributed by atoms with van der Waals surface area (Å²) in [4.78, 5) is 25.1. The molecule has 0 unspecified atom stereocenters. The number of hydrogen-bond acceptors (Lipinski definition) is 5. The van der Waals surface area contributed by atoms with Crippen molar-refractivity contribution in [2.45, 2.75) is 50.4 Å². The molecule has 7 nitrogen and oxygen atoms in total. The number of anilines is 2. The second-order valence-electron chi connectivity index (χ2n) is 8.38. The normalized spacial score (nSPS) is 18.7. The first-order chi connectivity index (χ1) is 14.8. The van der Waals surface area contributed by atoms with Crippen molar-refractivity contribution in [3.63, 3.8) is 0 Å². The predicted octanol–water partition coefficient (Wildman–Crippen LogP) is 3.02. The molecule has 2 aliphatic rings. The number of hydrogen-bond donors (Lipinski definition) is 3. The van der Waals surface area contributed by atoms with Crippen molar-refractivity contribution in [2.75, 3.05) is 16.4 Å². The van der Waals surface area contributed by atoms with Crippen molar-refractivity contribution in [2.24, 2.45) is 0 Å². The molecule has 4 rings (SSSR count). The average molecular weight is 442 g/mol. The van der Waals surface area contributed by atoms with Gasteiger partial charge in [-0.1, -0.05) is 37.1 Å². The quantitative estimate of drug-likeness (QED) is 0.639. The summed E-state index contributed by atoms with van der Waals surface area (Å²) in [6.45, 7) is 1.87. The third-order valence-electron chi connectivity index (χ3n) is 5.93. The fourth-order valence-corrected chi connectivity index (χ4v) is 5.82. The topological polar surface area (TPSA) is 104 Å². The van der Waals surface area contributed by atoms with E-state index in [-0.39, 0.29) is 23.5 Å². The molecule has 2 aromatic carbocycles. The van der Waals surface area contributed by atoms with E-state index in [2.05, 4.69) is 16.0 Å². The van der Waals surface area contributed by atoms with E-state index in [1.165, 1.54) is 0 Å². The minimum absolute atomic E-state index is 0.113. The number of amides is 2. The lowest BCUT2D eigenvalue weighted by Crippen LogP contribution is -2.43. The molecule has 164 valence electrons. The summed E-state index contributed by atoms with van der Waals surface area (Å²) in [5.41, 5.74) is 3.20. The van der Waals surface area contributed by atoms with Gasteiger partial charge in [-0.25, -0.2) is 8.42 Å². The molecule has 0 radical (unpaired) electrons. The number of rotatable bonds is 6. The number of aryl methyl sites for hydroxylation is 1. The van der Waals surface area contributed by atoms with Crippen LogP contribution in [-0.4, -0.2) is 38.1 Å². The number of nitrogens with one attached hydrogen (secondary N) is 3. The number of sulfone groups is 1. The van der Waals surface area contributed by atoms with E-state index in [0.717, 1.165) is 36.8 Å². The molecule has 1 atom stereocenters. The van der Waals surface area contributed by atoms with E-state index < -0.39 is 21.8 Å². The predicted molar refractivity (Wildman–Crippen MR) is 121 cm³/mol. The van der Waals surface area contributed by atoms with Crippen molar-refractivity contribution in [1.29, 1.82) is 0 Å². The molecular weight excluding hydrogens is 414 g/mol. The smallest absolute Gasteiger partial charge is 0.251 e.